The number of aromatic nitrogens is 1. The average Bonchev–Trinajstić information content (AvgIpc) is 3.46. The molecule has 32 heavy (non-hydrogen) atoms. The summed E-state index contributed by atoms with van der Waals surface area (Å²) in [5.74, 6) is 1.02. The van der Waals surface area contributed by atoms with Gasteiger partial charge in [0, 0.05) is 30.8 Å². The second-order valence-electron chi connectivity index (χ2n) is 7.33. The van der Waals surface area contributed by atoms with Crippen molar-refractivity contribution in [2.45, 2.75) is 11.8 Å². The van der Waals surface area contributed by atoms with Gasteiger partial charge in [-0.1, -0.05) is 23.4 Å². The van der Waals surface area contributed by atoms with Crippen LogP contribution in [0, 0.1) is 12.8 Å². The van der Waals surface area contributed by atoms with E-state index in [1.54, 1.807) is 43.5 Å². The molecule has 166 valence electrons. The van der Waals surface area contributed by atoms with Gasteiger partial charge in [0.1, 0.15) is 11.5 Å². The number of rotatable bonds is 7. The van der Waals surface area contributed by atoms with E-state index in [1.165, 1.54) is 24.2 Å². The number of hydrazone groups is 1. The van der Waals surface area contributed by atoms with E-state index in [0.29, 0.717) is 30.2 Å². The molecule has 3 aromatic rings. The molecule has 10 heteroatoms. The van der Waals surface area contributed by atoms with Crippen molar-refractivity contribution >= 4 is 28.0 Å². The number of amides is 1. The average molecular weight is 455 g/mol. The number of anilines is 1. The maximum absolute atomic E-state index is 12.8. The monoisotopic (exact) mass is 454 g/mol. The fraction of sp³-hybridized carbons (Fsp3) is 0.227. The van der Waals surface area contributed by atoms with Crippen LogP contribution in [0.5, 0.6) is 5.75 Å². The summed E-state index contributed by atoms with van der Waals surface area (Å²) >= 11 is 0. The largest absolute Gasteiger partial charge is 0.493 e. The van der Waals surface area contributed by atoms with Gasteiger partial charge in [-0.15, -0.1) is 0 Å². The first-order chi connectivity index (χ1) is 15.3. The molecular weight excluding hydrogens is 432 g/mol. The zero-order valence-corrected chi connectivity index (χ0v) is 18.4. The molecule has 0 spiro atoms. The molecule has 0 radical (unpaired) electrons. The van der Waals surface area contributed by atoms with Crippen LogP contribution in [0.25, 0.3) is 0 Å². The highest BCUT2D eigenvalue weighted by Crippen LogP contribution is 2.24. The van der Waals surface area contributed by atoms with Gasteiger partial charge in [-0.25, -0.2) is 13.4 Å². The summed E-state index contributed by atoms with van der Waals surface area (Å²) in [7, 11) is -2.36. The zero-order valence-electron chi connectivity index (χ0n) is 17.6. The van der Waals surface area contributed by atoms with E-state index in [9.17, 15) is 13.2 Å². The van der Waals surface area contributed by atoms with Crippen molar-refractivity contribution in [3.05, 3.63) is 72.0 Å². The quantitative estimate of drug-likeness (QED) is 0.544. The molecule has 0 fully saturated rings. The number of nitrogens with zero attached hydrogens (tertiary/aromatic N) is 4. The Kier molecular flexibility index (Phi) is 5.95. The number of benzene rings is 2. The second kappa shape index (κ2) is 8.83. The van der Waals surface area contributed by atoms with Gasteiger partial charge in [0.2, 0.25) is 0 Å². The van der Waals surface area contributed by atoms with Crippen LogP contribution < -0.4 is 9.04 Å². The lowest BCUT2D eigenvalue weighted by Crippen LogP contribution is -2.28. The maximum Gasteiger partial charge on any atom is 0.273 e. The SMILES string of the molecule is Cc1cc(N(C)S(=O)(=O)c2ccc(OCC3C=NN(C(=O)c4ccccc4)C3)cc2)no1. The van der Waals surface area contributed by atoms with Crippen molar-refractivity contribution in [3.8, 4) is 5.75 Å². The molecule has 0 bridgehead atoms. The van der Waals surface area contributed by atoms with E-state index in [0.717, 1.165) is 4.31 Å². The van der Waals surface area contributed by atoms with E-state index in [4.69, 9.17) is 9.26 Å². The molecule has 1 aromatic heterocycles. The minimum atomic E-state index is -3.78. The normalized spacial score (nSPS) is 15.7. The number of aryl methyl sites for hydroxylation is 1. The van der Waals surface area contributed by atoms with Gasteiger partial charge in [-0.3, -0.25) is 9.10 Å². The van der Waals surface area contributed by atoms with E-state index in [2.05, 4.69) is 10.3 Å². The second-order valence-corrected chi connectivity index (χ2v) is 9.30. The summed E-state index contributed by atoms with van der Waals surface area (Å²) in [5, 5.41) is 9.34. The summed E-state index contributed by atoms with van der Waals surface area (Å²) in [6.45, 7) is 2.42. The van der Waals surface area contributed by atoms with Crippen LogP contribution in [0.3, 0.4) is 0 Å². The van der Waals surface area contributed by atoms with Crippen molar-refractivity contribution in [3.63, 3.8) is 0 Å². The van der Waals surface area contributed by atoms with Crippen LogP contribution >= 0.6 is 0 Å². The smallest absolute Gasteiger partial charge is 0.273 e. The van der Waals surface area contributed by atoms with Gasteiger partial charge in [0.25, 0.3) is 15.9 Å². The summed E-state index contributed by atoms with van der Waals surface area (Å²) in [6, 6.07) is 16.6. The van der Waals surface area contributed by atoms with Gasteiger partial charge in [0.15, 0.2) is 5.82 Å². The highest BCUT2D eigenvalue weighted by molar-refractivity contribution is 7.92. The Labute approximate surface area is 185 Å². The number of hydrogen-bond acceptors (Lipinski definition) is 7. The molecule has 0 aliphatic carbocycles. The molecule has 4 rings (SSSR count). The van der Waals surface area contributed by atoms with Gasteiger partial charge < -0.3 is 9.26 Å². The molecule has 0 saturated carbocycles. The van der Waals surface area contributed by atoms with Gasteiger partial charge in [-0.2, -0.15) is 5.10 Å². The lowest BCUT2D eigenvalue weighted by atomic mass is 10.1. The first-order valence-electron chi connectivity index (χ1n) is 9.91. The van der Waals surface area contributed by atoms with Crippen molar-refractivity contribution < 1.29 is 22.5 Å². The number of sulfonamides is 1. The first kappa shape index (κ1) is 21.6. The van der Waals surface area contributed by atoms with Crippen LogP contribution in [0.4, 0.5) is 5.82 Å². The summed E-state index contributed by atoms with van der Waals surface area (Å²) in [4.78, 5) is 12.6. The van der Waals surface area contributed by atoms with Crippen LogP contribution in [0.15, 0.2) is 75.2 Å². The molecular formula is C22H22N4O5S. The van der Waals surface area contributed by atoms with Crippen LogP contribution in [-0.4, -0.2) is 50.9 Å². The molecule has 1 amide bonds. The maximum atomic E-state index is 12.8. The standard InChI is InChI=1S/C22H22N4O5S/c1-16-12-21(24-31-16)25(2)32(28,29)20-10-8-19(9-11-20)30-15-17-13-23-26(14-17)22(27)18-6-4-3-5-7-18/h3-13,17H,14-15H2,1-2H3. The van der Waals surface area contributed by atoms with E-state index in [-0.39, 0.29) is 22.5 Å². The van der Waals surface area contributed by atoms with Crippen molar-refractivity contribution in [2.75, 3.05) is 24.5 Å². The zero-order chi connectivity index (χ0) is 22.7. The topological polar surface area (TPSA) is 105 Å². The number of hydrogen-bond donors (Lipinski definition) is 0. The Morgan fingerprint density at radius 2 is 1.91 bits per heavy atom. The predicted molar refractivity (Wildman–Crippen MR) is 118 cm³/mol. The Hall–Kier alpha value is -3.66. The van der Waals surface area contributed by atoms with Gasteiger partial charge in [0.05, 0.1) is 18.0 Å². The van der Waals surface area contributed by atoms with E-state index in [1.807, 2.05) is 18.2 Å². The molecule has 1 aliphatic rings. The molecule has 0 saturated heterocycles. The minimum absolute atomic E-state index is 0.0624. The lowest BCUT2D eigenvalue weighted by Gasteiger charge is -2.17. The van der Waals surface area contributed by atoms with Crippen LogP contribution in [0.1, 0.15) is 16.1 Å². The Balaban J connectivity index is 1.34. The number of ether oxygens (including phenoxy) is 1. The lowest BCUT2D eigenvalue weighted by molar-refractivity contribution is 0.0761. The van der Waals surface area contributed by atoms with Crippen LogP contribution in [-0.2, 0) is 10.0 Å². The molecule has 1 unspecified atom stereocenters. The third-order valence-corrected chi connectivity index (χ3v) is 6.74. The highest BCUT2D eigenvalue weighted by Gasteiger charge is 2.25. The molecule has 2 aromatic carbocycles. The van der Waals surface area contributed by atoms with Gasteiger partial charge >= 0.3 is 0 Å². The molecule has 0 N–H and O–H groups in total. The summed E-state index contributed by atoms with van der Waals surface area (Å²) in [5.41, 5.74) is 0.578. The van der Waals surface area contributed by atoms with E-state index < -0.39 is 10.0 Å². The molecule has 2 heterocycles. The summed E-state index contributed by atoms with van der Waals surface area (Å²) < 4.78 is 37.4. The fourth-order valence-electron chi connectivity index (χ4n) is 3.15. The fourth-order valence-corrected chi connectivity index (χ4v) is 4.27. The first-order valence-corrected chi connectivity index (χ1v) is 11.3. The minimum Gasteiger partial charge on any atom is -0.493 e. The Morgan fingerprint density at radius 3 is 2.56 bits per heavy atom. The predicted octanol–water partition coefficient (Wildman–Crippen LogP) is 2.94. The Bertz CT molecular complexity index is 1220. The molecule has 1 atom stereocenters. The third-order valence-electron chi connectivity index (χ3n) is 4.96. The highest BCUT2D eigenvalue weighted by atomic mass is 32.2. The van der Waals surface area contributed by atoms with Crippen molar-refractivity contribution in [1.82, 2.24) is 10.2 Å². The number of carbonyl (C=O) groups excluding carboxylic acids is 1. The third kappa shape index (κ3) is 4.50. The summed E-state index contributed by atoms with van der Waals surface area (Å²) in [6.07, 6.45) is 1.69. The Morgan fingerprint density at radius 1 is 1.19 bits per heavy atom. The number of carbonyl (C=O) groups is 1. The molecule has 9 nitrogen and oxygen atoms in total. The van der Waals surface area contributed by atoms with Crippen molar-refractivity contribution in [1.29, 1.82) is 0 Å². The van der Waals surface area contributed by atoms with Crippen molar-refractivity contribution in [2.24, 2.45) is 11.0 Å². The molecule has 1 aliphatic heterocycles. The van der Waals surface area contributed by atoms with Crippen LogP contribution in [0.2, 0.25) is 0 Å². The van der Waals surface area contributed by atoms with Gasteiger partial charge in [-0.05, 0) is 43.3 Å². The van der Waals surface area contributed by atoms with E-state index >= 15 is 0 Å².